The number of hydrogen-bond acceptors (Lipinski definition) is 7. The number of ether oxygens (including phenoxy) is 2. The van der Waals surface area contributed by atoms with Crippen molar-refractivity contribution in [2.24, 2.45) is 5.92 Å². The van der Waals surface area contributed by atoms with Crippen molar-refractivity contribution in [2.75, 3.05) is 19.0 Å². The number of Topliss-reactive ketones (excluding diaryl/α,β-unsaturated/α-hetero) is 1. The summed E-state index contributed by atoms with van der Waals surface area (Å²) in [6.07, 6.45) is -2.02. The van der Waals surface area contributed by atoms with Crippen LogP contribution in [0, 0.1) is 5.92 Å². The van der Waals surface area contributed by atoms with Gasteiger partial charge in [0.1, 0.15) is 6.61 Å². The van der Waals surface area contributed by atoms with Crippen molar-refractivity contribution in [3.8, 4) is 0 Å². The maximum absolute atomic E-state index is 12.6. The zero-order chi connectivity index (χ0) is 22.8. The van der Waals surface area contributed by atoms with E-state index in [1.807, 2.05) is 44.2 Å². The minimum Gasteiger partial charge on any atom is -0.467 e. The second kappa shape index (κ2) is 11.7. The quantitative estimate of drug-likeness (QED) is 0.499. The van der Waals surface area contributed by atoms with Gasteiger partial charge in [-0.15, -0.1) is 0 Å². The van der Waals surface area contributed by atoms with Crippen molar-refractivity contribution in [3.05, 3.63) is 65.7 Å². The third-order valence-electron chi connectivity index (χ3n) is 4.62. The maximum Gasteiger partial charge on any atom is 0.408 e. The standard InChI is InChI=1S/C23H28N2O6/c1-15(2)20(25-23(29)31-14-16-7-5-4-6-8-16)19(26)13-24-18-11-9-17(10-12-18)21(27)22(28)30-3/h4-12,15,20-21,24,27H,13-14H2,1-3H3,(H,25,29)/t20-,21?/m0/s1. The number of ketones is 1. The van der Waals surface area contributed by atoms with Crippen molar-refractivity contribution < 1.29 is 29.0 Å². The van der Waals surface area contributed by atoms with Crippen LogP contribution in [0.15, 0.2) is 54.6 Å². The van der Waals surface area contributed by atoms with Crippen LogP contribution in [0.4, 0.5) is 10.5 Å². The van der Waals surface area contributed by atoms with Crippen LogP contribution in [-0.2, 0) is 25.7 Å². The van der Waals surface area contributed by atoms with Gasteiger partial charge in [0.25, 0.3) is 0 Å². The van der Waals surface area contributed by atoms with Crippen molar-refractivity contribution in [2.45, 2.75) is 32.6 Å². The summed E-state index contributed by atoms with van der Waals surface area (Å²) >= 11 is 0. The van der Waals surface area contributed by atoms with Crippen molar-refractivity contribution in [1.29, 1.82) is 0 Å². The molecule has 0 aromatic heterocycles. The van der Waals surface area contributed by atoms with Gasteiger partial charge < -0.3 is 25.2 Å². The lowest BCUT2D eigenvalue weighted by atomic mass is 10.00. The highest BCUT2D eigenvalue weighted by molar-refractivity contribution is 5.90. The number of amides is 1. The van der Waals surface area contributed by atoms with Crippen molar-refractivity contribution in [1.82, 2.24) is 5.32 Å². The van der Waals surface area contributed by atoms with Gasteiger partial charge in [0.05, 0.1) is 19.7 Å². The molecule has 0 aliphatic heterocycles. The molecule has 3 N–H and O–H groups in total. The molecule has 2 aromatic carbocycles. The number of rotatable bonds is 10. The van der Waals surface area contributed by atoms with Crippen molar-refractivity contribution in [3.63, 3.8) is 0 Å². The first-order valence-corrected chi connectivity index (χ1v) is 9.91. The van der Waals surface area contributed by atoms with Crippen LogP contribution in [0.5, 0.6) is 0 Å². The van der Waals surface area contributed by atoms with Crippen LogP contribution in [-0.4, -0.2) is 42.6 Å². The number of aliphatic hydroxyl groups is 1. The Hall–Kier alpha value is -3.39. The number of hydrogen-bond donors (Lipinski definition) is 3. The Morgan fingerprint density at radius 2 is 1.65 bits per heavy atom. The molecule has 1 amide bonds. The van der Waals surface area contributed by atoms with E-state index in [1.54, 1.807) is 24.3 Å². The number of alkyl carbamates (subject to hydrolysis) is 1. The molecule has 8 nitrogen and oxygen atoms in total. The SMILES string of the molecule is COC(=O)C(O)c1ccc(NCC(=O)[C@@H](NC(=O)OCc2ccccc2)C(C)C)cc1. The first-order chi connectivity index (χ1) is 14.8. The van der Waals surface area contributed by atoms with Gasteiger partial charge in [-0.1, -0.05) is 56.3 Å². The molecule has 2 atom stereocenters. The molecule has 8 heteroatoms. The third kappa shape index (κ3) is 7.42. The van der Waals surface area contributed by atoms with Crippen LogP contribution in [0.2, 0.25) is 0 Å². The van der Waals surface area contributed by atoms with Gasteiger partial charge >= 0.3 is 12.1 Å². The monoisotopic (exact) mass is 428 g/mol. The summed E-state index contributed by atoms with van der Waals surface area (Å²) in [6, 6.07) is 15.0. The minimum atomic E-state index is -1.36. The van der Waals surface area contributed by atoms with Gasteiger partial charge in [-0.05, 0) is 29.2 Å². The Kier molecular flexibility index (Phi) is 9.02. The smallest absolute Gasteiger partial charge is 0.408 e. The Bertz CT molecular complexity index is 867. The van der Waals surface area contributed by atoms with E-state index in [0.717, 1.165) is 5.56 Å². The van der Waals surface area contributed by atoms with Gasteiger partial charge in [-0.3, -0.25) is 4.79 Å². The summed E-state index contributed by atoms with van der Waals surface area (Å²) in [5.74, 6) is -1.08. The van der Waals surface area contributed by atoms with E-state index in [4.69, 9.17) is 4.74 Å². The summed E-state index contributed by atoms with van der Waals surface area (Å²) in [6.45, 7) is 3.78. The lowest BCUT2D eigenvalue weighted by Gasteiger charge is -2.21. The van der Waals surface area contributed by atoms with Gasteiger partial charge in [-0.2, -0.15) is 0 Å². The zero-order valence-electron chi connectivity index (χ0n) is 17.8. The number of benzene rings is 2. The summed E-state index contributed by atoms with van der Waals surface area (Å²) in [5.41, 5.74) is 1.86. The predicted octanol–water partition coefficient (Wildman–Crippen LogP) is 2.83. The lowest BCUT2D eigenvalue weighted by molar-refractivity contribution is -0.150. The second-order valence-corrected chi connectivity index (χ2v) is 7.30. The highest BCUT2D eigenvalue weighted by Gasteiger charge is 2.24. The van der Waals surface area contributed by atoms with Crippen LogP contribution < -0.4 is 10.6 Å². The molecule has 2 rings (SSSR count). The minimum absolute atomic E-state index is 0.0132. The third-order valence-corrected chi connectivity index (χ3v) is 4.62. The fourth-order valence-electron chi connectivity index (χ4n) is 2.84. The first kappa shape index (κ1) is 23.9. The molecule has 166 valence electrons. The van der Waals surface area contributed by atoms with E-state index in [0.29, 0.717) is 11.3 Å². The van der Waals surface area contributed by atoms with E-state index in [1.165, 1.54) is 7.11 Å². The maximum atomic E-state index is 12.6. The van der Waals surface area contributed by atoms with E-state index >= 15 is 0 Å². The van der Waals surface area contributed by atoms with Crippen LogP contribution in [0.25, 0.3) is 0 Å². The second-order valence-electron chi connectivity index (χ2n) is 7.30. The molecule has 0 spiro atoms. The molecule has 31 heavy (non-hydrogen) atoms. The number of esters is 1. The van der Waals surface area contributed by atoms with Crippen LogP contribution >= 0.6 is 0 Å². The van der Waals surface area contributed by atoms with Gasteiger partial charge in [0.15, 0.2) is 11.9 Å². The summed E-state index contributed by atoms with van der Waals surface area (Å²) in [4.78, 5) is 36.1. The fraction of sp³-hybridized carbons (Fsp3) is 0.348. The molecule has 2 aromatic rings. The van der Waals surface area contributed by atoms with Crippen LogP contribution in [0.3, 0.4) is 0 Å². The summed E-state index contributed by atoms with van der Waals surface area (Å²) in [5, 5.41) is 15.4. The molecule has 0 aliphatic carbocycles. The van der Waals surface area contributed by atoms with Crippen molar-refractivity contribution >= 4 is 23.5 Å². The molecule has 0 fully saturated rings. The van der Waals surface area contributed by atoms with E-state index in [2.05, 4.69) is 15.4 Å². The normalized spacial score (nSPS) is 12.5. The molecular formula is C23H28N2O6. The Labute approximate surface area is 181 Å². The number of methoxy groups -OCH3 is 1. The number of carbonyl (C=O) groups is 3. The molecule has 0 aliphatic rings. The number of carbonyl (C=O) groups excluding carboxylic acids is 3. The highest BCUT2D eigenvalue weighted by atomic mass is 16.5. The molecule has 0 radical (unpaired) electrons. The topological polar surface area (TPSA) is 114 Å². The van der Waals surface area contributed by atoms with Crippen LogP contribution in [0.1, 0.15) is 31.1 Å². The summed E-state index contributed by atoms with van der Waals surface area (Å²) in [7, 11) is 1.20. The average Bonchev–Trinajstić information content (AvgIpc) is 2.79. The number of aliphatic hydroxyl groups excluding tert-OH is 1. The molecular weight excluding hydrogens is 400 g/mol. The fourth-order valence-corrected chi connectivity index (χ4v) is 2.84. The average molecular weight is 428 g/mol. The highest BCUT2D eigenvalue weighted by Crippen LogP contribution is 2.17. The molecule has 0 saturated carbocycles. The van der Waals surface area contributed by atoms with Gasteiger partial charge in [0.2, 0.25) is 0 Å². The first-order valence-electron chi connectivity index (χ1n) is 9.91. The largest absolute Gasteiger partial charge is 0.467 e. The van der Waals surface area contributed by atoms with E-state index in [-0.39, 0.29) is 24.9 Å². The molecule has 0 bridgehead atoms. The Morgan fingerprint density at radius 3 is 2.23 bits per heavy atom. The molecule has 0 heterocycles. The number of nitrogens with one attached hydrogen (secondary N) is 2. The summed E-state index contributed by atoms with van der Waals surface area (Å²) < 4.78 is 9.71. The Balaban J connectivity index is 1.87. The van der Waals surface area contributed by atoms with E-state index in [9.17, 15) is 19.5 Å². The molecule has 0 saturated heterocycles. The number of anilines is 1. The van der Waals surface area contributed by atoms with Gasteiger partial charge in [-0.25, -0.2) is 9.59 Å². The lowest BCUT2D eigenvalue weighted by Crippen LogP contribution is -2.46. The van der Waals surface area contributed by atoms with Gasteiger partial charge in [0, 0.05) is 5.69 Å². The Morgan fingerprint density at radius 1 is 1.00 bits per heavy atom. The van der Waals surface area contributed by atoms with E-state index < -0.39 is 24.2 Å². The predicted molar refractivity (Wildman–Crippen MR) is 115 cm³/mol. The zero-order valence-corrected chi connectivity index (χ0v) is 17.8. The molecule has 1 unspecified atom stereocenters.